The first kappa shape index (κ1) is 20.5. The Hall–Kier alpha value is 0.196. The fourth-order valence-electron chi connectivity index (χ4n) is 1.95. The first-order chi connectivity index (χ1) is 8.18. The average Bonchev–Trinajstić information content (AvgIpc) is 2.31. The molecule has 3 nitrogen and oxygen atoms in total. The second kappa shape index (κ2) is 15.3. The Morgan fingerprint density at radius 3 is 1.72 bits per heavy atom. The van der Waals surface area contributed by atoms with Crippen LogP contribution in [0.2, 0.25) is 0 Å². The standard InChI is InChI=1S/C14H28O3.Mg.2H/c1-2-3-4-5-6-7-8-9-10-11-12-13(15)14(16)17;;;/h13,15H,2-12H2,1H3,(H,16,17);;;/q;+2;2*-1. The quantitative estimate of drug-likeness (QED) is 0.421. The molecule has 1 unspecified atom stereocenters. The predicted molar refractivity (Wildman–Crippen MR) is 78.1 cm³/mol. The molecule has 0 aromatic carbocycles. The molecule has 2 N–H and O–H groups in total. The van der Waals surface area contributed by atoms with E-state index in [9.17, 15) is 4.79 Å². The summed E-state index contributed by atoms with van der Waals surface area (Å²) in [5.74, 6) is -1.10. The van der Waals surface area contributed by atoms with Gasteiger partial charge in [0.2, 0.25) is 0 Å². The zero-order chi connectivity index (χ0) is 12.9. The van der Waals surface area contributed by atoms with E-state index in [0.29, 0.717) is 6.42 Å². The van der Waals surface area contributed by atoms with Gasteiger partial charge in [-0.05, 0) is 6.42 Å². The number of carbonyl (C=O) groups is 1. The second-order valence-corrected chi connectivity index (χ2v) is 4.82. The minimum Gasteiger partial charge on any atom is -1.00 e. The maximum atomic E-state index is 10.3. The summed E-state index contributed by atoms with van der Waals surface area (Å²) in [5.41, 5.74) is 0. The van der Waals surface area contributed by atoms with Gasteiger partial charge in [-0.3, -0.25) is 0 Å². The van der Waals surface area contributed by atoms with Crippen LogP contribution in [0.3, 0.4) is 0 Å². The number of carboxylic acid groups (broad SMARTS) is 1. The van der Waals surface area contributed by atoms with E-state index in [0.717, 1.165) is 12.8 Å². The van der Waals surface area contributed by atoms with Gasteiger partial charge in [0.1, 0.15) is 0 Å². The molecule has 0 saturated carbocycles. The number of rotatable bonds is 12. The molecule has 0 aliphatic heterocycles. The molecule has 0 rings (SSSR count). The molecule has 0 bridgehead atoms. The molecule has 1 atom stereocenters. The number of hydrogen-bond acceptors (Lipinski definition) is 2. The molecule has 0 aromatic rings. The van der Waals surface area contributed by atoms with Crippen LogP contribution in [0.4, 0.5) is 0 Å². The van der Waals surface area contributed by atoms with Crippen molar-refractivity contribution in [1.82, 2.24) is 0 Å². The summed E-state index contributed by atoms with van der Waals surface area (Å²) in [6, 6.07) is 0. The molecule has 0 aromatic heterocycles. The van der Waals surface area contributed by atoms with Gasteiger partial charge >= 0.3 is 29.0 Å². The minimum absolute atomic E-state index is 0. The summed E-state index contributed by atoms with van der Waals surface area (Å²) >= 11 is 0. The fraction of sp³-hybridized carbons (Fsp3) is 0.929. The molecule has 0 amide bonds. The van der Waals surface area contributed by atoms with Crippen LogP contribution in [0.1, 0.15) is 80.4 Å². The monoisotopic (exact) mass is 270 g/mol. The van der Waals surface area contributed by atoms with E-state index in [-0.39, 0.29) is 25.9 Å². The Labute approximate surface area is 130 Å². The van der Waals surface area contributed by atoms with Crippen LogP contribution in [-0.4, -0.2) is 45.3 Å². The molecular weight excluding hydrogens is 240 g/mol. The molecule has 0 spiro atoms. The van der Waals surface area contributed by atoms with Gasteiger partial charge in [0.05, 0.1) is 0 Å². The third kappa shape index (κ3) is 14.3. The van der Waals surface area contributed by atoms with Crippen molar-refractivity contribution < 1.29 is 17.9 Å². The summed E-state index contributed by atoms with van der Waals surface area (Å²) in [5, 5.41) is 17.5. The van der Waals surface area contributed by atoms with E-state index in [4.69, 9.17) is 10.2 Å². The van der Waals surface area contributed by atoms with Gasteiger partial charge in [-0.1, -0.05) is 71.1 Å². The Bertz CT molecular complexity index is 195. The van der Waals surface area contributed by atoms with Crippen LogP contribution in [0.5, 0.6) is 0 Å². The van der Waals surface area contributed by atoms with Crippen molar-refractivity contribution in [1.29, 1.82) is 0 Å². The molecule has 18 heavy (non-hydrogen) atoms. The van der Waals surface area contributed by atoms with Crippen molar-refractivity contribution in [3.63, 3.8) is 0 Å². The third-order valence-electron chi connectivity index (χ3n) is 3.12. The van der Waals surface area contributed by atoms with E-state index in [2.05, 4.69) is 6.92 Å². The minimum atomic E-state index is -1.16. The van der Waals surface area contributed by atoms with Gasteiger partial charge in [-0.15, -0.1) is 0 Å². The normalized spacial score (nSPS) is 11.9. The van der Waals surface area contributed by atoms with Crippen LogP contribution in [-0.2, 0) is 4.79 Å². The van der Waals surface area contributed by atoms with E-state index >= 15 is 0 Å². The van der Waals surface area contributed by atoms with Crippen molar-refractivity contribution in [3.05, 3.63) is 0 Å². The molecule has 0 saturated heterocycles. The maximum absolute atomic E-state index is 10.3. The first-order valence-corrected chi connectivity index (χ1v) is 7.09. The zero-order valence-corrected chi connectivity index (χ0v) is 13.3. The summed E-state index contributed by atoms with van der Waals surface area (Å²) < 4.78 is 0. The number of unbranched alkanes of at least 4 members (excludes halogenated alkanes) is 9. The molecular formula is C14H30MgO3. The van der Waals surface area contributed by atoms with Crippen molar-refractivity contribution in [3.8, 4) is 0 Å². The van der Waals surface area contributed by atoms with Gasteiger partial charge in [-0.2, -0.15) is 0 Å². The zero-order valence-electron chi connectivity index (χ0n) is 13.9. The first-order valence-electron chi connectivity index (χ1n) is 7.09. The smallest absolute Gasteiger partial charge is 1.00 e. The van der Waals surface area contributed by atoms with E-state index < -0.39 is 12.1 Å². The Balaban J connectivity index is -0.000000427. The number of aliphatic hydroxyl groups excluding tert-OH is 1. The topological polar surface area (TPSA) is 57.5 Å². The van der Waals surface area contributed by atoms with E-state index in [1.54, 1.807) is 0 Å². The van der Waals surface area contributed by atoms with Crippen LogP contribution in [0, 0.1) is 0 Å². The summed E-state index contributed by atoms with van der Waals surface area (Å²) in [7, 11) is 0. The average molecular weight is 271 g/mol. The Morgan fingerprint density at radius 2 is 1.33 bits per heavy atom. The molecule has 4 heteroatoms. The molecule has 0 aliphatic carbocycles. The van der Waals surface area contributed by atoms with Crippen molar-refractivity contribution in [2.45, 2.75) is 83.7 Å². The van der Waals surface area contributed by atoms with Gasteiger partial charge in [0, 0.05) is 0 Å². The molecule has 0 aliphatic rings. The van der Waals surface area contributed by atoms with Crippen LogP contribution in [0.25, 0.3) is 0 Å². The summed E-state index contributed by atoms with van der Waals surface area (Å²) in [6.07, 6.45) is 11.5. The second-order valence-electron chi connectivity index (χ2n) is 4.82. The van der Waals surface area contributed by atoms with Crippen molar-refractivity contribution >= 4 is 29.0 Å². The van der Waals surface area contributed by atoms with Gasteiger partial charge in [0.15, 0.2) is 6.10 Å². The number of aliphatic hydroxyl groups is 1. The maximum Gasteiger partial charge on any atom is 2.00 e. The summed E-state index contributed by atoms with van der Waals surface area (Å²) in [4.78, 5) is 10.3. The summed E-state index contributed by atoms with van der Waals surface area (Å²) in [6.45, 7) is 2.23. The Kier molecular flexibility index (Phi) is 17.4. The number of carboxylic acids is 1. The third-order valence-corrected chi connectivity index (χ3v) is 3.12. The molecule has 0 radical (unpaired) electrons. The van der Waals surface area contributed by atoms with Crippen LogP contribution in [0.15, 0.2) is 0 Å². The Morgan fingerprint density at radius 1 is 0.944 bits per heavy atom. The van der Waals surface area contributed by atoms with Gasteiger partial charge in [0.25, 0.3) is 0 Å². The number of aliphatic carboxylic acids is 1. The number of hydrogen-bond donors (Lipinski definition) is 2. The van der Waals surface area contributed by atoms with Crippen molar-refractivity contribution in [2.24, 2.45) is 0 Å². The SMILES string of the molecule is CCCCCCCCCCCCC(O)C(=O)O.[H-].[H-].[Mg+2]. The van der Waals surface area contributed by atoms with Crippen LogP contribution < -0.4 is 0 Å². The van der Waals surface area contributed by atoms with Crippen LogP contribution >= 0.6 is 0 Å². The molecule has 106 valence electrons. The molecule has 0 heterocycles. The van der Waals surface area contributed by atoms with E-state index in [1.165, 1.54) is 51.4 Å². The van der Waals surface area contributed by atoms with Crippen molar-refractivity contribution in [2.75, 3.05) is 0 Å². The van der Waals surface area contributed by atoms with E-state index in [1.807, 2.05) is 0 Å². The van der Waals surface area contributed by atoms with Gasteiger partial charge < -0.3 is 13.1 Å². The fourth-order valence-corrected chi connectivity index (χ4v) is 1.95. The van der Waals surface area contributed by atoms with Gasteiger partial charge in [-0.25, -0.2) is 4.79 Å². The molecule has 0 fully saturated rings. The predicted octanol–water partition coefficient (Wildman–Crippen LogP) is 3.59. The largest absolute Gasteiger partial charge is 2.00 e.